The van der Waals surface area contributed by atoms with Gasteiger partial charge in [0.1, 0.15) is 0 Å². The Morgan fingerprint density at radius 1 is 1.13 bits per heavy atom. The molecule has 0 aromatic heterocycles. The molecule has 88 valence electrons. The Morgan fingerprint density at radius 2 is 1.80 bits per heavy atom. The lowest BCUT2D eigenvalue weighted by molar-refractivity contribution is 0.0857. The number of nitrogens with one attached hydrogen (secondary N) is 1. The summed E-state index contributed by atoms with van der Waals surface area (Å²) >= 11 is 0. The average Bonchev–Trinajstić information content (AvgIpc) is 2.50. The molecule has 0 aromatic carbocycles. The largest absolute Gasteiger partial charge is 0.304 e. The van der Waals surface area contributed by atoms with E-state index in [4.69, 9.17) is 0 Å². The van der Waals surface area contributed by atoms with E-state index in [0.29, 0.717) is 5.41 Å². The standard InChI is InChI=1S/C12H25N3/c1-12(2)5-4-11(10-12)13-15-8-6-14(3)7-9-15/h11,13H,4-10H2,1-3H3. The van der Waals surface area contributed by atoms with E-state index in [2.05, 4.69) is 36.2 Å². The monoisotopic (exact) mass is 211 g/mol. The van der Waals surface area contributed by atoms with Crippen molar-refractivity contribution in [1.29, 1.82) is 0 Å². The SMILES string of the molecule is CN1CCN(NC2CCC(C)(C)C2)CC1. The zero-order valence-electron chi connectivity index (χ0n) is 10.4. The number of nitrogens with zero attached hydrogens (tertiary/aromatic N) is 2. The summed E-state index contributed by atoms with van der Waals surface area (Å²) in [6.07, 6.45) is 4.05. The fourth-order valence-electron chi connectivity index (χ4n) is 2.74. The normalized spacial score (nSPS) is 33.4. The molecule has 1 unspecified atom stereocenters. The molecule has 2 aliphatic rings. The van der Waals surface area contributed by atoms with Gasteiger partial charge in [0.05, 0.1) is 0 Å². The molecule has 1 N–H and O–H groups in total. The quantitative estimate of drug-likeness (QED) is 0.743. The van der Waals surface area contributed by atoms with Crippen molar-refractivity contribution < 1.29 is 0 Å². The molecule has 1 saturated carbocycles. The first-order chi connectivity index (χ1) is 7.05. The Hall–Kier alpha value is -0.120. The van der Waals surface area contributed by atoms with Gasteiger partial charge in [0.25, 0.3) is 0 Å². The Labute approximate surface area is 93.8 Å². The summed E-state index contributed by atoms with van der Waals surface area (Å²) in [5, 5.41) is 2.42. The summed E-state index contributed by atoms with van der Waals surface area (Å²) in [5.41, 5.74) is 4.26. The molecule has 2 fully saturated rings. The molecule has 2 rings (SSSR count). The molecule has 0 radical (unpaired) electrons. The molecule has 1 aliphatic heterocycles. The molecule has 1 saturated heterocycles. The highest BCUT2D eigenvalue weighted by Crippen LogP contribution is 2.36. The highest BCUT2D eigenvalue weighted by Gasteiger charge is 2.31. The number of hydrogen-bond donors (Lipinski definition) is 1. The van der Waals surface area contributed by atoms with Gasteiger partial charge in [-0.2, -0.15) is 0 Å². The van der Waals surface area contributed by atoms with Gasteiger partial charge in [-0.15, -0.1) is 0 Å². The van der Waals surface area contributed by atoms with Crippen LogP contribution in [0.1, 0.15) is 33.1 Å². The van der Waals surface area contributed by atoms with Gasteiger partial charge >= 0.3 is 0 Å². The van der Waals surface area contributed by atoms with Crippen LogP contribution in [0.3, 0.4) is 0 Å². The summed E-state index contributed by atoms with van der Waals surface area (Å²) in [6, 6.07) is 0.725. The zero-order chi connectivity index (χ0) is 10.9. The third kappa shape index (κ3) is 3.16. The van der Waals surface area contributed by atoms with Crippen LogP contribution in [0.5, 0.6) is 0 Å². The topological polar surface area (TPSA) is 18.5 Å². The first-order valence-electron chi connectivity index (χ1n) is 6.25. The van der Waals surface area contributed by atoms with Crippen molar-refractivity contribution in [2.45, 2.75) is 39.2 Å². The molecule has 0 aromatic rings. The number of rotatable bonds is 2. The van der Waals surface area contributed by atoms with Crippen molar-refractivity contribution in [3.8, 4) is 0 Å². The van der Waals surface area contributed by atoms with Crippen molar-refractivity contribution in [3.05, 3.63) is 0 Å². The summed E-state index contributed by atoms with van der Waals surface area (Å²) in [4.78, 5) is 2.40. The van der Waals surface area contributed by atoms with Gasteiger partial charge in [0, 0.05) is 32.2 Å². The molecule has 1 aliphatic carbocycles. The first kappa shape index (κ1) is 11.4. The Morgan fingerprint density at radius 3 is 2.33 bits per heavy atom. The Balaban J connectivity index is 1.74. The van der Waals surface area contributed by atoms with E-state index in [9.17, 15) is 0 Å². The molecular weight excluding hydrogens is 186 g/mol. The fraction of sp³-hybridized carbons (Fsp3) is 1.00. The second kappa shape index (κ2) is 4.40. The lowest BCUT2D eigenvalue weighted by Crippen LogP contribution is -2.53. The van der Waals surface area contributed by atoms with Crippen LogP contribution in [0.2, 0.25) is 0 Å². The van der Waals surface area contributed by atoms with Gasteiger partial charge in [-0.05, 0) is 31.7 Å². The number of hydrazine groups is 1. The Kier molecular flexibility index (Phi) is 3.33. The van der Waals surface area contributed by atoms with Gasteiger partial charge in [0.15, 0.2) is 0 Å². The minimum Gasteiger partial charge on any atom is -0.304 e. The van der Waals surface area contributed by atoms with Crippen molar-refractivity contribution >= 4 is 0 Å². The number of likely N-dealkylation sites (N-methyl/N-ethyl adjacent to an activating group) is 1. The third-order valence-corrected chi connectivity index (χ3v) is 3.84. The summed E-state index contributed by atoms with van der Waals surface area (Å²) in [7, 11) is 2.20. The van der Waals surface area contributed by atoms with Gasteiger partial charge < -0.3 is 4.90 Å². The van der Waals surface area contributed by atoms with Gasteiger partial charge in [0.2, 0.25) is 0 Å². The van der Waals surface area contributed by atoms with Crippen molar-refractivity contribution in [1.82, 2.24) is 15.3 Å². The van der Waals surface area contributed by atoms with Crippen LogP contribution in [0.4, 0.5) is 0 Å². The molecule has 3 heteroatoms. The van der Waals surface area contributed by atoms with Crippen LogP contribution in [0.15, 0.2) is 0 Å². The van der Waals surface area contributed by atoms with E-state index < -0.39 is 0 Å². The van der Waals surface area contributed by atoms with Gasteiger partial charge in [-0.3, -0.25) is 5.43 Å². The third-order valence-electron chi connectivity index (χ3n) is 3.84. The van der Waals surface area contributed by atoms with Crippen LogP contribution < -0.4 is 5.43 Å². The van der Waals surface area contributed by atoms with E-state index in [1.54, 1.807) is 0 Å². The van der Waals surface area contributed by atoms with Crippen LogP contribution in [0.25, 0.3) is 0 Å². The highest BCUT2D eigenvalue weighted by molar-refractivity contribution is 4.86. The van der Waals surface area contributed by atoms with Crippen molar-refractivity contribution in [2.75, 3.05) is 33.2 Å². The maximum Gasteiger partial charge on any atom is 0.0259 e. The van der Waals surface area contributed by atoms with E-state index in [1.807, 2.05) is 0 Å². The molecule has 0 bridgehead atoms. The smallest absolute Gasteiger partial charge is 0.0259 e. The summed E-state index contributed by atoms with van der Waals surface area (Å²) < 4.78 is 0. The fourth-order valence-corrected chi connectivity index (χ4v) is 2.74. The van der Waals surface area contributed by atoms with Crippen molar-refractivity contribution in [2.24, 2.45) is 5.41 Å². The summed E-state index contributed by atoms with van der Waals surface area (Å²) in [5.74, 6) is 0. The lowest BCUT2D eigenvalue weighted by Gasteiger charge is -2.34. The minimum absolute atomic E-state index is 0.560. The second-order valence-electron chi connectivity index (χ2n) is 6.02. The molecule has 15 heavy (non-hydrogen) atoms. The maximum absolute atomic E-state index is 3.70. The summed E-state index contributed by atoms with van der Waals surface area (Å²) in [6.45, 7) is 9.52. The van der Waals surface area contributed by atoms with E-state index in [-0.39, 0.29) is 0 Å². The number of hydrogen-bond acceptors (Lipinski definition) is 3. The highest BCUT2D eigenvalue weighted by atomic mass is 15.5. The molecule has 1 heterocycles. The molecule has 0 spiro atoms. The van der Waals surface area contributed by atoms with Crippen molar-refractivity contribution in [3.63, 3.8) is 0 Å². The molecular formula is C12H25N3. The van der Waals surface area contributed by atoms with Crippen LogP contribution in [-0.2, 0) is 0 Å². The first-order valence-corrected chi connectivity index (χ1v) is 6.25. The zero-order valence-corrected chi connectivity index (χ0v) is 10.4. The van der Waals surface area contributed by atoms with Crippen LogP contribution >= 0.6 is 0 Å². The molecule has 0 amide bonds. The maximum atomic E-state index is 3.70. The van der Waals surface area contributed by atoms with Gasteiger partial charge in [-0.25, -0.2) is 5.01 Å². The van der Waals surface area contributed by atoms with E-state index in [0.717, 1.165) is 6.04 Å². The molecule has 3 nitrogen and oxygen atoms in total. The number of piperazine rings is 1. The van der Waals surface area contributed by atoms with E-state index >= 15 is 0 Å². The van der Waals surface area contributed by atoms with Crippen LogP contribution in [-0.4, -0.2) is 49.2 Å². The second-order valence-corrected chi connectivity index (χ2v) is 6.02. The lowest BCUT2D eigenvalue weighted by atomic mass is 9.92. The Bertz CT molecular complexity index is 207. The predicted octanol–water partition coefficient (Wildman–Crippen LogP) is 1.32. The predicted molar refractivity (Wildman–Crippen MR) is 63.6 cm³/mol. The average molecular weight is 211 g/mol. The van der Waals surface area contributed by atoms with E-state index in [1.165, 1.54) is 45.4 Å². The van der Waals surface area contributed by atoms with Gasteiger partial charge in [-0.1, -0.05) is 13.8 Å². The molecule has 1 atom stereocenters. The minimum atomic E-state index is 0.560. The van der Waals surface area contributed by atoms with Crippen LogP contribution in [0, 0.1) is 5.41 Å².